The molecule has 0 unspecified atom stereocenters. The number of hydrogen-bond donors (Lipinski definition) is 2. The van der Waals surface area contributed by atoms with Gasteiger partial charge in [-0.2, -0.15) is 0 Å². The maximum absolute atomic E-state index is 13.1. The minimum Gasteiger partial charge on any atom is -0.462 e. The van der Waals surface area contributed by atoms with Crippen LogP contribution < -0.4 is 0 Å². The zero-order valence-corrected chi connectivity index (χ0v) is 31.1. The van der Waals surface area contributed by atoms with Crippen molar-refractivity contribution >= 4 is 11.8 Å². The van der Waals surface area contributed by atoms with Crippen molar-refractivity contribution in [2.75, 3.05) is 0 Å². The fraction of sp³-hybridized carbons (Fsp3) is 0.548. The summed E-state index contributed by atoms with van der Waals surface area (Å²) in [5.74, 6) is -0.244. The van der Waals surface area contributed by atoms with Crippen molar-refractivity contribution < 1.29 is 29.3 Å². The number of ketones is 1. The number of aliphatic hydroxyl groups is 2. The molecule has 3 rings (SSSR count). The molecule has 2 N–H and O–H groups in total. The van der Waals surface area contributed by atoms with Crippen molar-refractivity contribution in [2.45, 2.75) is 137 Å². The number of ether oxygens (including phenoxy) is 2. The molecule has 2 aliphatic carbocycles. The van der Waals surface area contributed by atoms with Gasteiger partial charge in [0.15, 0.2) is 5.78 Å². The van der Waals surface area contributed by atoms with Gasteiger partial charge in [0, 0.05) is 31.8 Å². The summed E-state index contributed by atoms with van der Waals surface area (Å²) >= 11 is 0. The predicted octanol–water partition coefficient (Wildman–Crippen LogP) is 8.69. The lowest BCUT2D eigenvalue weighted by molar-refractivity contribution is -0.152. The van der Waals surface area contributed by atoms with Crippen molar-refractivity contribution in [3.05, 3.63) is 100 Å². The molecule has 6 heteroatoms. The van der Waals surface area contributed by atoms with Crippen molar-refractivity contribution in [1.82, 2.24) is 0 Å². The molecule has 1 heterocycles. The Labute approximate surface area is 289 Å². The molecule has 2 saturated carbocycles. The van der Waals surface area contributed by atoms with Crippen molar-refractivity contribution in [2.24, 2.45) is 10.8 Å². The lowest BCUT2D eigenvalue weighted by Crippen LogP contribution is -2.48. The van der Waals surface area contributed by atoms with E-state index >= 15 is 0 Å². The molecule has 0 aromatic carbocycles. The lowest BCUT2D eigenvalue weighted by Gasteiger charge is -2.44. The van der Waals surface area contributed by atoms with E-state index in [2.05, 4.69) is 19.6 Å². The maximum Gasteiger partial charge on any atom is 0.302 e. The third-order valence-electron chi connectivity index (χ3n) is 10.1. The average molecular weight is 659 g/mol. The van der Waals surface area contributed by atoms with E-state index in [-0.39, 0.29) is 34.8 Å². The van der Waals surface area contributed by atoms with E-state index in [0.29, 0.717) is 37.7 Å². The molecule has 0 amide bonds. The van der Waals surface area contributed by atoms with Crippen LogP contribution in [-0.2, 0) is 19.1 Å². The molecule has 1 saturated heterocycles. The second-order valence-electron chi connectivity index (χ2n) is 15.9. The van der Waals surface area contributed by atoms with Crippen LogP contribution in [0.5, 0.6) is 0 Å². The summed E-state index contributed by atoms with van der Waals surface area (Å²) in [5.41, 5.74) is 5.35. The van der Waals surface area contributed by atoms with Crippen LogP contribution in [-0.4, -0.2) is 51.0 Å². The van der Waals surface area contributed by atoms with E-state index in [1.165, 1.54) is 6.92 Å². The van der Waals surface area contributed by atoms with Crippen LogP contribution in [0.3, 0.4) is 0 Å². The number of epoxide rings is 1. The SMILES string of the molecule is CC(=O)O[C@@H]1CC(C)(C)C(=C=C/C(C)=C/C=C/C(C)=C/C=C/C=C(C)\C=C\C=C(/C)C(=O)C[C@]23O[C@]2(C)C[C@@H](O)CC3(C)C)[C@@](C)(O)C1. The monoisotopic (exact) mass is 658 g/mol. The normalized spacial score (nSPS) is 32.4. The van der Waals surface area contributed by atoms with Crippen molar-refractivity contribution in [3.8, 4) is 0 Å². The van der Waals surface area contributed by atoms with Crippen LogP contribution in [0.15, 0.2) is 100 Å². The molecular formula is C42H58O6. The predicted molar refractivity (Wildman–Crippen MR) is 194 cm³/mol. The van der Waals surface area contributed by atoms with E-state index in [9.17, 15) is 19.8 Å². The lowest BCUT2D eigenvalue weighted by atomic mass is 9.61. The van der Waals surface area contributed by atoms with Crippen molar-refractivity contribution in [3.63, 3.8) is 0 Å². The molecule has 48 heavy (non-hydrogen) atoms. The quantitative estimate of drug-likeness (QED) is 0.0758. The van der Waals surface area contributed by atoms with E-state index in [4.69, 9.17) is 9.47 Å². The van der Waals surface area contributed by atoms with E-state index < -0.39 is 16.8 Å². The number of esters is 1. The Hall–Kier alpha value is -3.28. The number of fused-ring (bicyclic) bond motifs is 1. The molecule has 0 spiro atoms. The summed E-state index contributed by atoms with van der Waals surface area (Å²) in [5, 5.41) is 21.4. The van der Waals surface area contributed by atoms with Crippen molar-refractivity contribution in [1.29, 1.82) is 0 Å². The summed E-state index contributed by atoms with van der Waals surface area (Å²) in [6.07, 6.45) is 23.6. The highest BCUT2D eigenvalue weighted by Gasteiger charge is 2.76. The first-order valence-corrected chi connectivity index (χ1v) is 17.1. The number of carbonyl (C=O) groups excluding carboxylic acids is 2. The van der Waals surface area contributed by atoms with Gasteiger partial charge in [0.1, 0.15) is 11.7 Å². The van der Waals surface area contributed by atoms with E-state index in [1.54, 1.807) is 6.92 Å². The van der Waals surface area contributed by atoms with Crippen LogP contribution in [0.2, 0.25) is 0 Å². The molecule has 3 fully saturated rings. The fourth-order valence-electron chi connectivity index (χ4n) is 7.76. The third-order valence-corrected chi connectivity index (χ3v) is 10.1. The molecule has 5 atom stereocenters. The molecule has 0 aromatic heterocycles. The second-order valence-corrected chi connectivity index (χ2v) is 15.9. The van der Waals surface area contributed by atoms with Gasteiger partial charge in [0.25, 0.3) is 0 Å². The van der Waals surface area contributed by atoms with Gasteiger partial charge in [-0.15, -0.1) is 5.73 Å². The fourth-order valence-corrected chi connectivity index (χ4v) is 7.76. The molecule has 3 aliphatic rings. The third kappa shape index (κ3) is 9.66. The first-order chi connectivity index (χ1) is 22.1. The summed E-state index contributed by atoms with van der Waals surface area (Å²) in [4.78, 5) is 24.5. The minimum atomic E-state index is -1.11. The van der Waals surface area contributed by atoms with Crippen LogP contribution in [0.1, 0.15) is 108 Å². The Morgan fingerprint density at radius 1 is 0.812 bits per heavy atom. The Bertz CT molecular complexity index is 1510. The van der Waals surface area contributed by atoms with Gasteiger partial charge in [0.2, 0.25) is 0 Å². The number of aliphatic hydroxyl groups excluding tert-OH is 1. The van der Waals surface area contributed by atoms with Crippen LogP contribution in [0.4, 0.5) is 0 Å². The highest BCUT2D eigenvalue weighted by atomic mass is 16.6. The molecule has 262 valence electrons. The first kappa shape index (κ1) is 39.2. The summed E-state index contributed by atoms with van der Waals surface area (Å²) < 4.78 is 11.6. The largest absolute Gasteiger partial charge is 0.462 e. The number of carbonyl (C=O) groups is 2. The van der Waals surface area contributed by atoms with Crippen LogP contribution >= 0.6 is 0 Å². The number of Topliss-reactive ketones (excluding diaryl/α,β-unsaturated/α-hetero) is 1. The molecule has 0 radical (unpaired) electrons. The molecule has 1 aliphatic heterocycles. The molecular weight excluding hydrogens is 600 g/mol. The highest BCUT2D eigenvalue weighted by molar-refractivity contribution is 5.96. The summed E-state index contributed by atoms with van der Waals surface area (Å²) in [7, 11) is 0. The first-order valence-electron chi connectivity index (χ1n) is 17.1. The smallest absolute Gasteiger partial charge is 0.302 e. The van der Waals surface area contributed by atoms with Gasteiger partial charge >= 0.3 is 5.97 Å². The highest BCUT2D eigenvalue weighted by Crippen LogP contribution is 2.67. The van der Waals surface area contributed by atoms with Gasteiger partial charge in [-0.1, -0.05) is 99.6 Å². The summed E-state index contributed by atoms with van der Waals surface area (Å²) in [6, 6.07) is 0. The average Bonchev–Trinajstić information content (AvgIpc) is 3.53. The zero-order chi connectivity index (χ0) is 36.1. The van der Waals surface area contributed by atoms with Crippen LogP contribution in [0.25, 0.3) is 0 Å². The Morgan fingerprint density at radius 2 is 1.38 bits per heavy atom. The molecule has 6 nitrogen and oxygen atoms in total. The Morgan fingerprint density at radius 3 is 1.92 bits per heavy atom. The number of hydrogen-bond acceptors (Lipinski definition) is 6. The standard InChI is InChI=1S/C42H58O6/c1-29(18-14-19-31(3)22-23-37-38(6,7)26-35(47-33(5)43)27-40(37,10)46)16-12-13-17-30(2)20-15-21-32(4)36(45)28-42-39(8,9)24-34(44)25-41(42,11)48-42/h12-22,34-35,44,46H,24-28H2,1-11H3/b13-12+,18-14+,20-15+,29-16+,30-17-,31-19+,32-21+/t23?,34-,35+,40-,41+,42+/m0/s1. The van der Waals surface area contributed by atoms with Crippen LogP contribution in [0, 0.1) is 10.8 Å². The van der Waals surface area contributed by atoms with Gasteiger partial charge in [-0.25, -0.2) is 0 Å². The number of allylic oxidation sites excluding steroid dienone is 14. The Balaban J connectivity index is 1.54. The van der Waals surface area contributed by atoms with Gasteiger partial charge in [-0.05, 0) is 82.4 Å². The Kier molecular flexibility index (Phi) is 12.3. The summed E-state index contributed by atoms with van der Waals surface area (Å²) in [6.45, 7) is 21.4. The maximum atomic E-state index is 13.1. The van der Waals surface area contributed by atoms with E-state index in [1.807, 2.05) is 115 Å². The molecule has 0 aromatic rings. The molecule has 0 bridgehead atoms. The minimum absolute atomic E-state index is 0.0816. The second kappa shape index (κ2) is 15.1. The van der Waals surface area contributed by atoms with Gasteiger partial charge < -0.3 is 19.7 Å². The van der Waals surface area contributed by atoms with E-state index in [0.717, 1.165) is 22.3 Å². The topological polar surface area (TPSA) is 96.4 Å². The number of rotatable bonds is 11. The zero-order valence-electron chi connectivity index (χ0n) is 31.1. The van der Waals surface area contributed by atoms with Gasteiger partial charge in [0.05, 0.1) is 17.3 Å². The van der Waals surface area contributed by atoms with Gasteiger partial charge in [-0.3, -0.25) is 9.59 Å².